The summed E-state index contributed by atoms with van der Waals surface area (Å²) < 4.78 is 8.51. The summed E-state index contributed by atoms with van der Waals surface area (Å²) in [5.74, 6) is 0. The molecular weight excluding hydrogens is 384 g/mol. The third-order valence-corrected chi connectivity index (χ3v) is 5.94. The molecule has 2 fully saturated rings. The SMILES string of the molecule is O=Cc1ccc2nc(Cn3ncc4c(N5CC6(COC6)C5)cncc4c3=O)cn2c1. The number of hydrogen-bond acceptors (Lipinski definition) is 7. The zero-order valence-electron chi connectivity index (χ0n) is 16.1. The van der Waals surface area contributed by atoms with Crippen LogP contribution in [0.4, 0.5) is 5.69 Å². The van der Waals surface area contributed by atoms with Gasteiger partial charge in [0.2, 0.25) is 0 Å². The van der Waals surface area contributed by atoms with Gasteiger partial charge in [-0.25, -0.2) is 9.67 Å². The van der Waals surface area contributed by atoms with Gasteiger partial charge in [-0.15, -0.1) is 0 Å². The van der Waals surface area contributed by atoms with Crippen LogP contribution >= 0.6 is 0 Å². The molecule has 9 heteroatoms. The molecule has 4 aromatic heterocycles. The quantitative estimate of drug-likeness (QED) is 0.473. The van der Waals surface area contributed by atoms with Gasteiger partial charge in [0.05, 0.1) is 54.3 Å². The lowest BCUT2D eigenvalue weighted by Crippen LogP contribution is -2.66. The lowest BCUT2D eigenvalue weighted by Gasteiger charge is -2.56. The number of nitrogens with zero attached hydrogens (tertiary/aromatic N) is 6. The summed E-state index contributed by atoms with van der Waals surface area (Å²) in [6.07, 6.45) is 9.43. The predicted octanol–water partition coefficient (Wildman–Crippen LogP) is 1.14. The van der Waals surface area contributed by atoms with Gasteiger partial charge < -0.3 is 14.0 Å². The first-order valence-corrected chi connectivity index (χ1v) is 9.74. The van der Waals surface area contributed by atoms with Gasteiger partial charge in [-0.1, -0.05) is 0 Å². The Kier molecular flexibility index (Phi) is 3.57. The van der Waals surface area contributed by atoms with E-state index in [0.29, 0.717) is 22.3 Å². The number of ether oxygens (including phenoxy) is 1. The van der Waals surface area contributed by atoms with Crippen LogP contribution in [0.25, 0.3) is 16.4 Å². The van der Waals surface area contributed by atoms with Gasteiger partial charge in [-0.2, -0.15) is 5.10 Å². The molecule has 2 saturated heterocycles. The average molecular weight is 402 g/mol. The number of carbonyl (C=O) groups is 1. The van der Waals surface area contributed by atoms with Crippen molar-refractivity contribution in [3.05, 3.63) is 64.7 Å². The normalized spacial score (nSPS) is 17.3. The summed E-state index contributed by atoms with van der Waals surface area (Å²) in [4.78, 5) is 35.1. The number of hydrogen-bond donors (Lipinski definition) is 0. The highest BCUT2D eigenvalue weighted by Crippen LogP contribution is 2.41. The lowest BCUT2D eigenvalue weighted by atomic mass is 9.77. The Morgan fingerprint density at radius 3 is 2.73 bits per heavy atom. The van der Waals surface area contributed by atoms with Gasteiger partial charge in [-0.05, 0) is 12.1 Å². The van der Waals surface area contributed by atoms with Crippen LogP contribution in [-0.2, 0) is 11.3 Å². The van der Waals surface area contributed by atoms with Crippen LogP contribution < -0.4 is 10.5 Å². The molecule has 6 rings (SSSR count). The molecule has 30 heavy (non-hydrogen) atoms. The fraction of sp³-hybridized carbons (Fsp3) is 0.286. The minimum Gasteiger partial charge on any atom is -0.380 e. The first-order chi connectivity index (χ1) is 14.6. The summed E-state index contributed by atoms with van der Waals surface area (Å²) in [5.41, 5.74) is 2.97. The topological polar surface area (TPSA) is 94.6 Å². The minimum atomic E-state index is -0.199. The molecule has 6 heterocycles. The molecule has 0 unspecified atom stereocenters. The van der Waals surface area contributed by atoms with Crippen molar-refractivity contribution < 1.29 is 9.53 Å². The summed E-state index contributed by atoms with van der Waals surface area (Å²) in [5, 5.41) is 5.75. The van der Waals surface area contributed by atoms with Gasteiger partial charge in [0.15, 0.2) is 6.29 Å². The maximum atomic E-state index is 13.1. The largest absolute Gasteiger partial charge is 0.380 e. The number of pyridine rings is 2. The van der Waals surface area contributed by atoms with Gasteiger partial charge >= 0.3 is 0 Å². The van der Waals surface area contributed by atoms with E-state index in [1.54, 1.807) is 47.5 Å². The Hall–Kier alpha value is -3.59. The molecule has 2 aliphatic heterocycles. The molecule has 0 N–H and O–H groups in total. The summed E-state index contributed by atoms with van der Waals surface area (Å²) in [7, 11) is 0. The first kappa shape index (κ1) is 17.3. The molecule has 0 aliphatic carbocycles. The highest BCUT2D eigenvalue weighted by molar-refractivity contribution is 5.92. The van der Waals surface area contributed by atoms with Crippen molar-refractivity contribution in [1.82, 2.24) is 24.1 Å². The average Bonchev–Trinajstić information content (AvgIpc) is 3.09. The minimum absolute atomic E-state index is 0.199. The van der Waals surface area contributed by atoms with E-state index in [1.807, 2.05) is 0 Å². The van der Waals surface area contributed by atoms with E-state index >= 15 is 0 Å². The monoisotopic (exact) mass is 402 g/mol. The van der Waals surface area contributed by atoms with Gasteiger partial charge in [0.25, 0.3) is 5.56 Å². The Labute approximate surface area is 170 Å². The second-order valence-electron chi connectivity index (χ2n) is 8.15. The van der Waals surface area contributed by atoms with Gasteiger partial charge in [-0.3, -0.25) is 14.6 Å². The van der Waals surface area contributed by atoms with E-state index in [-0.39, 0.29) is 17.5 Å². The van der Waals surface area contributed by atoms with Crippen LogP contribution in [0.5, 0.6) is 0 Å². The molecule has 0 atom stereocenters. The molecule has 150 valence electrons. The maximum Gasteiger partial charge on any atom is 0.276 e. The Balaban J connectivity index is 1.33. The van der Waals surface area contributed by atoms with Crippen LogP contribution in [-0.4, -0.2) is 56.7 Å². The smallest absolute Gasteiger partial charge is 0.276 e. The molecule has 0 bridgehead atoms. The van der Waals surface area contributed by atoms with Gasteiger partial charge in [0.1, 0.15) is 5.65 Å². The molecule has 0 radical (unpaired) electrons. The third-order valence-electron chi connectivity index (χ3n) is 5.94. The van der Waals surface area contributed by atoms with Crippen molar-refractivity contribution >= 4 is 28.4 Å². The van der Waals surface area contributed by atoms with Gasteiger partial charge in [0, 0.05) is 42.6 Å². The Morgan fingerprint density at radius 2 is 1.97 bits per heavy atom. The van der Waals surface area contributed by atoms with Crippen molar-refractivity contribution in [2.24, 2.45) is 5.41 Å². The van der Waals surface area contributed by atoms with Crippen LogP contribution in [0.1, 0.15) is 16.1 Å². The van der Waals surface area contributed by atoms with E-state index < -0.39 is 0 Å². The van der Waals surface area contributed by atoms with Crippen molar-refractivity contribution in [1.29, 1.82) is 0 Å². The fourth-order valence-electron chi connectivity index (χ4n) is 4.32. The number of imidazole rings is 1. The number of rotatable bonds is 4. The number of anilines is 1. The standard InChI is InChI=1S/C21H18N6O3/c28-9-14-1-2-19-24-15(7-25(19)6-14)8-27-20(29)17-3-22-5-18(16(17)4-23-27)26-10-21(11-26)12-30-13-21/h1-7,9H,8,10-13H2. The third kappa shape index (κ3) is 2.55. The number of fused-ring (bicyclic) bond motifs is 2. The second kappa shape index (κ2) is 6.20. The molecule has 0 amide bonds. The van der Waals surface area contributed by atoms with Crippen LogP contribution in [0.15, 0.2) is 47.9 Å². The molecule has 2 aliphatic rings. The van der Waals surface area contributed by atoms with Crippen molar-refractivity contribution in [3.63, 3.8) is 0 Å². The summed E-state index contributed by atoms with van der Waals surface area (Å²) in [6.45, 7) is 3.68. The molecule has 1 spiro atoms. The highest BCUT2D eigenvalue weighted by Gasteiger charge is 2.49. The molecule has 0 aromatic carbocycles. The maximum absolute atomic E-state index is 13.1. The molecule has 4 aromatic rings. The first-order valence-electron chi connectivity index (χ1n) is 9.74. The zero-order valence-corrected chi connectivity index (χ0v) is 16.1. The Morgan fingerprint density at radius 1 is 1.10 bits per heavy atom. The van der Waals surface area contributed by atoms with Crippen LogP contribution in [0.3, 0.4) is 0 Å². The van der Waals surface area contributed by atoms with Crippen molar-refractivity contribution in [3.8, 4) is 0 Å². The van der Waals surface area contributed by atoms with E-state index in [1.165, 1.54) is 4.68 Å². The van der Waals surface area contributed by atoms with E-state index in [9.17, 15) is 9.59 Å². The van der Waals surface area contributed by atoms with Crippen LogP contribution in [0, 0.1) is 5.41 Å². The molecule has 0 saturated carbocycles. The summed E-state index contributed by atoms with van der Waals surface area (Å²) >= 11 is 0. The number of carbonyl (C=O) groups excluding carboxylic acids is 1. The molecular formula is C21H18N6O3. The van der Waals surface area contributed by atoms with Crippen molar-refractivity contribution in [2.45, 2.75) is 6.54 Å². The van der Waals surface area contributed by atoms with E-state index in [4.69, 9.17) is 4.74 Å². The summed E-state index contributed by atoms with van der Waals surface area (Å²) in [6, 6.07) is 3.48. The number of aldehydes is 1. The lowest BCUT2D eigenvalue weighted by molar-refractivity contribution is -0.126. The number of aromatic nitrogens is 5. The second-order valence-corrected chi connectivity index (χ2v) is 8.15. The highest BCUT2D eigenvalue weighted by atomic mass is 16.5. The van der Waals surface area contributed by atoms with E-state index in [2.05, 4.69) is 20.0 Å². The molecule has 9 nitrogen and oxygen atoms in total. The fourth-order valence-corrected chi connectivity index (χ4v) is 4.32. The zero-order chi connectivity index (χ0) is 20.3. The predicted molar refractivity (Wildman–Crippen MR) is 109 cm³/mol. The Bertz CT molecular complexity index is 1360. The van der Waals surface area contributed by atoms with E-state index in [0.717, 1.165) is 43.7 Å². The van der Waals surface area contributed by atoms with Crippen LogP contribution in [0.2, 0.25) is 0 Å². The van der Waals surface area contributed by atoms with Crippen molar-refractivity contribution in [2.75, 3.05) is 31.2 Å².